The van der Waals surface area contributed by atoms with Crippen molar-refractivity contribution in [3.05, 3.63) is 46.5 Å². The fourth-order valence-corrected chi connectivity index (χ4v) is 2.23. The van der Waals surface area contributed by atoms with Crippen molar-refractivity contribution >= 4 is 23.5 Å². The number of rotatable bonds is 2. The van der Waals surface area contributed by atoms with Crippen molar-refractivity contribution in [2.75, 3.05) is 13.1 Å². The van der Waals surface area contributed by atoms with E-state index in [1.165, 1.54) is 11.1 Å². The zero-order valence-corrected chi connectivity index (χ0v) is 12.4. The van der Waals surface area contributed by atoms with E-state index in [0.717, 1.165) is 24.5 Å². The molecule has 0 saturated carbocycles. The van der Waals surface area contributed by atoms with Gasteiger partial charge in [0.05, 0.1) is 0 Å². The number of hydrogen-bond acceptors (Lipinski definition) is 3. The van der Waals surface area contributed by atoms with Gasteiger partial charge in [0.25, 0.3) is 0 Å². The molecule has 0 radical (unpaired) electrons. The number of hydrogen-bond donors (Lipinski definition) is 3. The maximum absolute atomic E-state index is 9.55. The Hall–Kier alpha value is -1.85. The summed E-state index contributed by atoms with van der Waals surface area (Å²) in [5.74, 6) is -1.93. The molecule has 1 aliphatic heterocycles. The molecule has 0 spiro atoms. The van der Waals surface area contributed by atoms with Crippen LogP contribution >= 0.6 is 11.6 Å². The summed E-state index contributed by atoms with van der Waals surface area (Å²) in [6, 6.07) is 6.24. The normalized spacial score (nSPS) is 17.3. The van der Waals surface area contributed by atoms with Crippen LogP contribution in [0.1, 0.15) is 24.0 Å². The molecule has 0 saturated heterocycles. The molecule has 0 amide bonds. The average Bonchev–Trinajstić information content (AvgIpc) is 2.60. The highest BCUT2D eigenvalue weighted by Gasteiger charge is 2.13. The first-order chi connectivity index (χ1) is 9.90. The van der Waals surface area contributed by atoms with E-state index in [0.29, 0.717) is 18.1 Å². The molecule has 0 unspecified atom stereocenters. The maximum Gasteiger partial charge on any atom is 0.328 e. The molecule has 0 fully saturated rings. The second kappa shape index (κ2) is 8.44. The van der Waals surface area contributed by atoms with Gasteiger partial charge in [-0.1, -0.05) is 24.6 Å². The van der Waals surface area contributed by atoms with Crippen molar-refractivity contribution in [3.63, 3.8) is 0 Å². The number of aliphatic carboxylic acids is 2. The third-order valence-corrected chi connectivity index (χ3v) is 3.26. The predicted octanol–water partition coefficient (Wildman–Crippen LogP) is 2.30. The number of carbonyl (C=O) groups is 2. The Bertz CT molecular complexity index is 526. The van der Waals surface area contributed by atoms with Crippen LogP contribution in [0.5, 0.6) is 0 Å². The monoisotopic (exact) mass is 311 g/mol. The first-order valence-electron chi connectivity index (χ1n) is 6.53. The van der Waals surface area contributed by atoms with E-state index in [1.807, 2.05) is 6.07 Å². The fraction of sp³-hybridized carbons (Fsp3) is 0.333. The van der Waals surface area contributed by atoms with Crippen LogP contribution in [0.2, 0.25) is 5.02 Å². The second-order valence-electron chi connectivity index (χ2n) is 4.71. The van der Waals surface area contributed by atoms with Gasteiger partial charge in [0.2, 0.25) is 0 Å². The summed E-state index contributed by atoms with van der Waals surface area (Å²) in [4.78, 5) is 19.1. The molecule has 1 aliphatic rings. The Morgan fingerprint density at radius 3 is 2.48 bits per heavy atom. The Morgan fingerprint density at radius 2 is 1.90 bits per heavy atom. The summed E-state index contributed by atoms with van der Waals surface area (Å²) >= 11 is 5.97. The summed E-state index contributed by atoms with van der Waals surface area (Å²) in [7, 11) is 0. The van der Waals surface area contributed by atoms with E-state index in [-0.39, 0.29) is 0 Å². The van der Waals surface area contributed by atoms with E-state index in [2.05, 4.69) is 24.4 Å². The number of carboxylic acids is 2. The van der Waals surface area contributed by atoms with Crippen LogP contribution in [-0.2, 0) is 16.0 Å². The highest BCUT2D eigenvalue weighted by molar-refractivity contribution is 6.30. The topological polar surface area (TPSA) is 86.6 Å². The number of halogens is 1. The van der Waals surface area contributed by atoms with Gasteiger partial charge in [0.1, 0.15) is 0 Å². The highest BCUT2D eigenvalue weighted by atomic mass is 35.5. The quantitative estimate of drug-likeness (QED) is 0.730. The van der Waals surface area contributed by atoms with Crippen LogP contribution in [0.4, 0.5) is 0 Å². The molecule has 1 heterocycles. The molecule has 6 heteroatoms. The smallest absolute Gasteiger partial charge is 0.328 e. The zero-order valence-electron chi connectivity index (χ0n) is 11.7. The van der Waals surface area contributed by atoms with Gasteiger partial charge < -0.3 is 15.5 Å². The molecule has 21 heavy (non-hydrogen) atoms. The third kappa shape index (κ3) is 6.42. The molecule has 0 aromatic heterocycles. The van der Waals surface area contributed by atoms with E-state index in [9.17, 15) is 9.59 Å². The molecule has 114 valence electrons. The molecular formula is C15H18ClNO4. The van der Waals surface area contributed by atoms with Crippen LogP contribution in [0.25, 0.3) is 0 Å². The highest BCUT2D eigenvalue weighted by Crippen LogP contribution is 2.25. The molecule has 5 nitrogen and oxygen atoms in total. The molecule has 1 aromatic carbocycles. The third-order valence-electron chi connectivity index (χ3n) is 3.03. The van der Waals surface area contributed by atoms with Crippen LogP contribution < -0.4 is 5.32 Å². The van der Waals surface area contributed by atoms with Gasteiger partial charge in [0, 0.05) is 23.7 Å². The first kappa shape index (κ1) is 17.2. The second-order valence-corrected chi connectivity index (χ2v) is 5.14. The van der Waals surface area contributed by atoms with Gasteiger partial charge in [-0.2, -0.15) is 0 Å². The van der Waals surface area contributed by atoms with Crippen molar-refractivity contribution < 1.29 is 19.8 Å². The fourth-order valence-electron chi connectivity index (χ4n) is 2.05. The minimum Gasteiger partial charge on any atom is -0.478 e. The number of carboxylic acid groups (broad SMARTS) is 2. The van der Waals surface area contributed by atoms with Gasteiger partial charge in [-0.3, -0.25) is 0 Å². The molecule has 2 rings (SSSR count). The summed E-state index contributed by atoms with van der Waals surface area (Å²) in [6.45, 7) is 4.39. The van der Waals surface area contributed by atoms with Crippen molar-refractivity contribution in [1.82, 2.24) is 5.32 Å². The Morgan fingerprint density at radius 1 is 1.29 bits per heavy atom. The van der Waals surface area contributed by atoms with E-state index in [4.69, 9.17) is 21.8 Å². The van der Waals surface area contributed by atoms with Crippen LogP contribution in [-0.4, -0.2) is 35.2 Å². The van der Waals surface area contributed by atoms with Crippen LogP contribution in [0.15, 0.2) is 30.4 Å². The van der Waals surface area contributed by atoms with Crippen molar-refractivity contribution in [2.24, 2.45) is 0 Å². The standard InChI is InChI=1S/C11H14ClN.C4H4O4/c1-8-7-13-5-4-9-2-3-10(12)6-11(8)9;5-3(6)1-2-4(7)8/h2-3,6,8,13H,4-5,7H2,1H3;1-2H,(H,5,6)(H,7,8)/b;2-1-/t8-;/m0./s1. The Kier molecular flexibility index (Phi) is 6.91. The molecule has 1 atom stereocenters. The predicted molar refractivity (Wildman–Crippen MR) is 80.9 cm³/mol. The zero-order chi connectivity index (χ0) is 15.8. The summed E-state index contributed by atoms with van der Waals surface area (Å²) in [5.41, 5.74) is 2.86. The Labute approximate surface area is 128 Å². The average molecular weight is 312 g/mol. The van der Waals surface area contributed by atoms with E-state index < -0.39 is 11.9 Å². The lowest BCUT2D eigenvalue weighted by atomic mass is 9.96. The minimum atomic E-state index is -1.26. The van der Waals surface area contributed by atoms with E-state index >= 15 is 0 Å². The SMILES string of the molecule is C[C@H]1CNCCc2ccc(Cl)cc21.O=C(O)/C=C\C(=O)O. The van der Waals surface area contributed by atoms with Crippen LogP contribution in [0.3, 0.4) is 0 Å². The Balaban J connectivity index is 0.000000240. The lowest BCUT2D eigenvalue weighted by Gasteiger charge is -2.11. The molecule has 0 bridgehead atoms. The molecule has 1 aromatic rings. The van der Waals surface area contributed by atoms with Crippen LogP contribution in [0, 0.1) is 0 Å². The summed E-state index contributed by atoms with van der Waals surface area (Å²) in [5, 5.41) is 19.9. The van der Waals surface area contributed by atoms with Crippen molar-refractivity contribution in [2.45, 2.75) is 19.3 Å². The molecule has 0 aliphatic carbocycles. The van der Waals surface area contributed by atoms with Gasteiger partial charge >= 0.3 is 11.9 Å². The van der Waals surface area contributed by atoms with Gasteiger partial charge in [-0.15, -0.1) is 0 Å². The lowest BCUT2D eigenvalue weighted by Crippen LogP contribution is -2.18. The van der Waals surface area contributed by atoms with E-state index in [1.54, 1.807) is 0 Å². The number of benzene rings is 1. The van der Waals surface area contributed by atoms with Crippen molar-refractivity contribution in [1.29, 1.82) is 0 Å². The number of nitrogens with one attached hydrogen (secondary N) is 1. The summed E-state index contributed by atoms with van der Waals surface area (Å²) < 4.78 is 0. The summed E-state index contributed by atoms with van der Waals surface area (Å²) in [6.07, 6.45) is 2.24. The number of fused-ring (bicyclic) bond motifs is 1. The van der Waals surface area contributed by atoms with Gasteiger partial charge in [0.15, 0.2) is 0 Å². The maximum atomic E-state index is 9.55. The molecule has 3 N–H and O–H groups in total. The lowest BCUT2D eigenvalue weighted by molar-refractivity contribution is -0.134. The van der Waals surface area contributed by atoms with Gasteiger partial charge in [-0.25, -0.2) is 9.59 Å². The van der Waals surface area contributed by atoms with Gasteiger partial charge in [-0.05, 0) is 42.1 Å². The first-order valence-corrected chi connectivity index (χ1v) is 6.91. The minimum absolute atomic E-state index is 0.558. The van der Waals surface area contributed by atoms with Crippen molar-refractivity contribution in [3.8, 4) is 0 Å². The largest absolute Gasteiger partial charge is 0.478 e. The molecular weight excluding hydrogens is 294 g/mol.